The number of rotatable bonds is 2. The van der Waals surface area contributed by atoms with Gasteiger partial charge in [-0.3, -0.25) is 4.79 Å². The summed E-state index contributed by atoms with van der Waals surface area (Å²) in [5, 5.41) is 2.59. The van der Waals surface area contributed by atoms with E-state index >= 15 is 0 Å². The molecule has 5 nitrogen and oxygen atoms in total. The van der Waals surface area contributed by atoms with E-state index in [0.29, 0.717) is 0 Å². The van der Waals surface area contributed by atoms with Gasteiger partial charge in [-0.05, 0) is 31.2 Å². The normalized spacial score (nSPS) is 21.7. The Morgan fingerprint density at radius 1 is 1.33 bits per heavy atom. The first kappa shape index (κ1) is 13.0. The van der Waals surface area contributed by atoms with Gasteiger partial charge in [0.25, 0.3) is 0 Å². The third kappa shape index (κ3) is 2.23. The zero-order valence-corrected chi connectivity index (χ0v) is 10.6. The molecular formula is C11H13FN2O3S. The Hall–Kier alpha value is -1.47. The van der Waals surface area contributed by atoms with E-state index < -0.39 is 21.9 Å². The Balaban J connectivity index is 2.36. The minimum Gasteiger partial charge on any atom is -0.353 e. The minimum atomic E-state index is -3.76. The second kappa shape index (κ2) is 4.66. The van der Waals surface area contributed by atoms with E-state index in [2.05, 4.69) is 5.32 Å². The van der Waals surface area contributed by atoms with Gasteiger partial charge in [0.05, 0.1) is 4.90 Å². The molecule has 0 aliphatic carbocycles. The van der Waals surface area contributed by atoms with Gasteiger partial charge in [0.1, 0.15) is 11.9 Å². The van der Waals surface area contributed by atoms with E-state index in [1.54, 1.807) is 0 Å². The molecule has 1 atom stereocenters. The molecule has 1 unspecified atom stereocenters. The molecule has 1 amide bonds. The standard InChI is InChI=1S/C11H13FN2O3S/c1-8-11(15)13-6-7-14(8)18(16,17)10-4-2-9(12)3-5-10/h2-5,8H,6-7H2,1H3,(H,13,15). The zero-order chi connectivity index (χ0) is 13.3. The van der Waals surface area contributed by atoms with Crippen LogP contribution in [0.2, 0.25) is 0 Å². The second-order valence-electron chi connectivity index (χ2n) is 4.04. The molecule has 1 aromatic carbocycles. The number of sulfonamides is 1. The van der Waals surface area contributed by atoms with Crippen LogP contribution in [0.15, 0.2) is 29.2 Å². The highest BCUT2D eigenvalue weighted by molar-refractivity contribution is 7.89. The van der Waals surface area contributed by atoms with Crippen molar-refractivity contribution in [3.63, 3.8) is 0 Å². The van der Waals surface area contributed by atoms with Crippen molar-refractivity contribution in [3.05, 3.63) is 30.1 Å². The molecule has 0 spiro atoms. The molecule has 0 bridgehead atoms. The van der Waals surface area contributed by atoms with Crippen molar-refractivity contribution in [2.75, 3.05) is 13.1 Å². The zero-order valence-electron chi connectivity index (χ0n) is 9.76. The lowest BCUT2D eigenvalue weighted by Gasteiger charge is -2.31. The molecule has 98 valence electrons. The van der Waals surface area contributed by atoms with E-state index in [-0.39, 0.29) is 23.9 Å². The fourth-order valence-electron chi connectivity index (χ4n) is 1.83. The molecule has 0 aromatic heterocycles. The molecule has 1 aliphatic rings. The lowest BCUT2D eigenvalue weighted by atomic mass is 10.2. The summed E-state index contributed by atoms with van der Waals surface area (Å²) >= 11 is 0. The number of amides is 1. The third-order valence-electron chi connectivity index (χ3n) is 2.86. The molecule has 1 aliphatic heterocycles. The van der Waals surface area contributed by atoms with Gasteiger partial charge < -0.3 is 5.32 Å². The van der Waals surface area contributed by atoms with Gasteiger partial charge in [0.2, 0.25) is 15.9 Å². The van der Waals surface area contributed by atoms with Crippen LogP contribution >= 0.6 is 0 Å². The Kier molecular flexibility index (Phi) is 3.36. The van der Waals surface area contributed by atoms with Crippen LogP contribution in [0.1, 0.15) is 6.92 Å². The molecule has 1 N–H and O–H groups in total. The number of nitrogens with one attached hydrogen (secondary N) is 1. The first-order valence-electron chi connectivity index (χ1n) is 5.48. The molecular weight excluding hydrogens is 259 g/mol. The van der Waals surface area contributed by atoms with Gasteiger partial charge in [0, 0.05) is 13.1 Å². The van der Waals surface area contributed by atoms with Crippen LogP contribution in [0.25, 0.3) is 0 Å². The van der Waals surface area contributed by atoms with E-state index in [4.69, 9.17) is 0 Å². The SMILES string of the molecule is CC1C(=O)NCCN1S(=O)(=O)c1ccc(F)cc1. The Morgan fingerprint density at radius 2 is 1.94 bits per heavy atom. The minimum absolute atomic E-state index is 0.00884. The van der Waals surface area contributed by atoms with Gasteiger partial charge in [-0.15, -0.1) is 0 Å². The summed E-state index contributed by atoms with van der Waals surface area (Å²) in [5.41, 5.74) is 0. The van der Waals surface area contributed by atoms with Crippen LogP contribution in [-0.4, -0.2) is 37.8 Å². The lowest BCUT2D eigenvalue weighted by Crippen LogP contribution is -2.55. The topological polar surface area (TPSA) is 66.5 Å². The van der Waals surface area contributed by atoms with Crippen LogP contribution < -0.4 is 5.32 Å². The fourth-order valence-corrected chi connectivity index (χ4v) is 3.43. The summed E-state index contributed by atoms with van der Waals surface area (Å²) in [5.74, 6) is -0.828. The third-order valence-corrected chi connectivity index (χ3v) is 4.85. The van der Waals surface area contributed by atoms with Gasteiger partial charge in [-0.1, -0.05) is 0 Å². The Labute approximate surface area is 105 Å². The maximum Gasteiger partial charge on any atom is 0.243 e. The van der Waals surface area contributed by atoms with Crippen molar-refractivity contribution in [2.45, 2.75) is 17.9 Å². The number of hydrogen-bond acceptors (Lipinski definition) is 3. The summed E-state index contributed by atoms with van der Waals surface area (Å²) in [6, 6.07) is 3.81. The summed E-state index contributed by atoms with van der Waals surface area (Å²) < 4.78 is 38.5. The lowest BCUT2D eigenvalue weighted by molar-refractivity contribution is -0.126. The number of hydrogen-bond donors (Lipinski definition) is 1. The highest BCUT2D eigenvalue weighted by atomic mass is 32.2. The molecule has 1 saturated heterocycles. The number of benzene rings is 1. The highest BCUT2D eigenvalue weighted by Gasteiger charge is 2.35. The predicted octanol–water partition coefficient (Wildman–Crippen LogP) is 0.335. The van der Waals surface area contributed by atoms with E-state index in [0.717, 1.165) is 16.4 Å². The summed E-state index contributed by atoms with van der Waals surface area (Å²) in [7, 11) is -3.76. The van der Waals surface area contributed by atoms with Crippen molar-refractivity contribution in [1.29, 1.82) is 0 Å². The molecule has 0 radical (unpaired) electrons. The van der Waals surface area contributed by atoms with Crippen molar-refractivity contribution in [2.24, 2.45) is 0 Å². The van der Waals surface area contributed by atoms with Crippen LogP contribution in [0.5, 0.6) is 0 Å². The van der Waals surface area contributed by atoms with Gasteiger partial charge >= 0.3 is 0 Å². The Bertz CT molecular complexity index is 556. The largest absolute Gasteiger partial charge is 0.353 e. The number of nitrogens with zero attached hydrogens (tertiary/aromatic N) is 1. The van der Waals surface area contributed by atoms with Gasteiger partial charge in [-0.2, -0.15) is 4.31 Å². The van der Waals surface area contributed by atoms with Crippen molar-refractivity contribution < 1.29 is 17.6 Å². The molecule has 1 fully saturated rings. The van der Waals surface area contributed by atoms with Crippen molar-refractivity contribution >= 4 is 15.9 Å². The Morgan fingerprint density at radius 3 is 2.56 bits per heavy atom. The maximum atomic E-state index is 12.8. The van der Waals surface area contributed by atoms with Crippen molar-refractivity contribution in [3.8, 4) is 0 Å². The summed E-state index contributed by atoms with van der Waals surface area (Å²) in [6.07, 6.45) is 0. The van der Waals surface area contributed by atoms with Gasteiger partial charge in [0.15, 0.2) is 0 Å². The first-order chi connectivity index (χ1) is 8.43. The monoisotopic (exact) mass is 272 g/mol. The number of halogens is 1. The fraction of sp³-hybridized carbons (Fsp3) is 0.364. The van der Waals surface area contributed by atoms with E-state index in [1.807, 2.05) is 0 Å². The second-order valence-corrected chi connectivity index (χ2v) is 5.93. The molecule has 1 aromatic rings. The average Bonchev–Trinajstić information content (AvgIpc) is 2.33. The number of carbonyl (C=O) groups excluding carboxylic acids is 1. The van der Waals surface area contributed by atoms with Crippen LogP contribution in [0, 0.1) is 5.82 Å². The molecule has 18 heavy (non-hydrogen) atoms. The number of piperazine rings is 1. The molecule has 0 saturated carbocycles. The van der Waals surface area contributed by atoms with Crippen LogP contribution in [0.4, 0.5) is 4.39 Å². The van der Waals surface area contributed by atoms with E-state index in [1.165, 1.54) is 19.1 Å². The highest BCUT2D eigenvalue weighted by Crippen LogP contribution is 2.19. The number of carbonyl (C=O) groups is 1. The van der Waals surface area contributed by atoms with Gasteiger partial charge in [-0.25, -0.2) is 12.8 Å². The predicted molar refractivity (Wildman–Crippen MR) is 62.8 cm³/mol. The smallest absolute Gasteiger partial charge is 0.243 e. The van der Waals surface area contributed by atoms with Crippen LogP contribution in [-0.2, 0) is 14.8 Å². The van der Waals surface area contributed by atoms with E-state index in [9.17, 15) is 17.6 Å². The first-order valence-corrected chi connectivity index (χ1v) is 6.92. The maximum absolute atomic E-state index is 12.8. The quantitative estimate of drug-likeness (QED) is 0.844. The van der Waals surface area contributed by atoms with Crippen LogP contribution in [0.3, 0.4) is 0 Å². The molecule has 7 heteroatoms. The summed E-state index contributed by atoms with van der Waals surface area (Å²) in [4.78, 5) is 11.5. The summed E-state index contributed by atoms with van der Waals surface area (Å²) in [6.45, 7) is 2.02. The molecule has 2 rings (SSSR count). The average molecular weight is 272 g/mol. The molecule has 1 heterocycles. The van der Waals surface area contributed by atoms with Crippen molar-refractivity contribution in [1.82, 2.24) is 9.62 Å².